The molecule has 2 aromatic rings. The minimum absolute atomic E-state index is 0.0997. The molecular weight excluding hydrogens is 206 g/mol. The summed E-state index contributed by atoms with van der Waals surface area (Å²) in [6.07, 6.45) is 1.65. The van der Waals surface area contributed by atoms with Crippen LogP contribution in [0.25, 0.3) is 11.0 Å². The van der Waals surface area contributed by atoms with Gasteiger partial charge in [0.05, 0.1) is 6.33 Å². The van der Waals surface area contributed by atoms with Crippen LogP contribution >= 0.6 is 0 Å². The maximum atomic E-state index is 5.77. The second kappa shape index (κ2) is 3.76. The van der Waals surface area contributed by atoms with E-state index in [1.807, 2.05) is 14.0 Å². The van der Waals surface area contributed by atoms with Gasteiger partial charge in [-0.25, -0.2) is 4.98 Å². The zero-order valence-corrected chi connectivity index (χ0v) is 9.18. The van der Waals surface area contributed by atoms with Crippen molar-refractivity contribution in [2.24, 2.45) is 12.0 Å². The van der Waals surface area contributed by atoms with E-state index in [1.165, 1.54) is 0 Å². The molecule has 2 rings (SSSR count). The lowest BCUT2D eigenvalue weighted by Crippen LogP contribution is -2.11. The van der Waals surface area contributed by atoms with Crippen LogP contribution in [0.15, 0.2) is 11.3 Å². The molecule has 0 atom stereocenters. The molecule has 0 aromatic carbocycles. The normalized spacial score (nSPS) is 12.2. The van der Waals surface area contributed by atoms with Crippen LogP contribution in [-0.2, 0) is 7.05 Å². The zero-order chi connectivity index (χ0) is 11.7. The summed E-state index contributed by atoms with van der Waals surface area (Å²) >= 11 is 0. The van der Waals surface area contributed by atoms with Gasteiger partial charge in [0.25, 0.3) is 0 Å². The highest BCUT2D eigenvalue weighted by Crippen LogP contribution is 2.11. The molecule has 0 saturated carbocycles. The SMILES string of the molecule is CCN=c1nc(N)nc(N)c2ncn(C)c12. The summed E-state index contributed by atoms with van der Waals surface area (Å²) in [6.45, 7) is 2.53. The molecule has 84 valence electrons. The topological polar surface area (TPSA) is 108 Å². The Morgan fingerprint density at radius 3 is 2.81 bits per heavy atom. The molecule has 0 aliphatic heterocycles. The van der Waals surface area contributed by atoms with Crippen LogP contribution in [0.1, 0.15) is 6.92 Å². The molecule has 0 aliphatic rings. The Morgan fingerprint density at radius 2 is 2.12 bits per heavy atom. The molecule has 7 heteroatoms. The second-order valence-electron chi connectivity index (χ2n) is 3.32. The van der Waals surface area contributed by atoms with Crippen molar-refractivity contribution < 1.29 is 0 Å². The van der Waals surface area contributed by atoms with E-state index in [0.29, 0.717) is 17.5 Å². The summed E-state index contributed by atoms with van der Waals surface area (Å²) < 4.78 is 1.80. The van der Waals surface area contributed by atoms with Crippen LogP contribution in [0, 0.1) is 0 Å². The quantitative estimate of drug-likeness (QED) is 0.668. The molecule has 7 nitrogen and oxygen atoms in total. The fourth-order valence-electron chi connectivity index (χ4n) is 1.50. The first kappa shape index (κ1) is 10.3. The van der Waals surface area contributed by atoms with Crippen molar-refractivity contribution in [3.8, 4) is 0 Å². The molecule has 0 amide bonds. The van der Waals surface area contributed by atoms with Crippen LogP contribution < -0.4 is 17.0 Å². The average molecular weight is 219 g/mol. The third-order valence-electron chi connectivity index (χ3n) is 2.15. The van der Waals surface area contributed by atoms with Gasteiger partial charge in [-0.2, -0.15) is 9.97 Å². The molecule has 0 fully saturated rings. The third kappa shape index (κ3) is 1.56. The summed E-state index contributed by atoms with van der Waals surface area (Å²) in [5.74, 6) is 0.362. The number of rotatable bonds is 1. The standard InChI is InChI=1S/C9H13N7/c1-3-12-8-6-5(13-4-16(6)2)7(10)14-9(11)15-8/h4H,3H2,1-2H3,(H4,10,11,12,14,15). The Morgan fingerprint density at radius 1 is 1.38 bits per heavy atom. The Labute approximate surface area is 91.9 Å². The Hall–Kier alpha value is -2.18. The van der Waals surface area contributed by atoms with Crippen LogP contribution in [0.2, 0.25) is 0 Å². The van der Waals surface area contributed by atoms with E-state index in [1.54, 1.807) is 10.9 Å². The summed E-state index contributed by atoms with van der Waals surface area (Å²) in [4.78, 5) is 16.5. The van der Waals surface area contributed by atoms with Crippen LogP contribution in [0.5, 0.6) is 0 Å². The van der Waals surface area contributed by atoms with Gasteiger partial charge in [0, 0.05) is 13.6 Å². The average Bonchev–Trinajstić information content (AvgIpc) is 2.53. The van der Waals surface area contributed by atoms with Gasteiger partial charge in [-0.1, -0.05) is 0 Å². The minimum atomic E-state index is 0.0997. The molecule has 0 radical (unpaired) electrons. The van der Waals surface area contributed by atoms with Crippen molar-refractivity contribution in [2.45, 2.75) is 6.92 Å². The van der Waals surface area contributed by atoms with Crippen LogP contribution in [0.4, 0.5) is 11.8 Å². The highest BCUT2D eigenvalue weighted by atomic mass is 15.1. The largest absolute Gasteiger partial charge is 0.382 e. The smallest absolute Gasteiger partial charge is 0.224 e. The molecule has 0 unspecified atom stereocenters. The number of fused-ring (bicyclic) bond motifs is 1. The third-order valence-corrected chi connectivity index (χ3v) is 2.15. The fourth-order valence-corrected chi connectivity index (χ4v) is 1.50. The fraction of sp³-hybridized carbons (Fsp3) is 0.333. The highest BCUT2D eigenvalue weighted by molar-refractivity contribution is 5.83. The first-order valence-electron chi connectivity index (χ1n) is 4.88. The lowest BCUT2D eigenvalue weighted by atomic mass is 10.4. The van der Waals surface area contributed by atoms with E-state index in [4.69, 9.17) is 11.5 Å². The zero-order valence-electron chi connectivity index (χ0n) is 9.18. The van der Waals surface area contributed by atoms with Crippen molar-refractivity contribution in [3.63, 3.8) is 0 Å². The molecule has 0 spiro atoms. The molecule has 16 heavy (non-hydrogen) atoms. The predicted molar refractivity (Wildman–Crippen MR) is 61.2 cm³/mol. The number of aromatic nitrogens is 4. The Bertz CT molecular complexity index is 599. The molecule has 0 bridgehead atoms. The monoisotopic (exact) mass is 219 g/mol. The van der Waals surface area contributed by atoms with Gasteiger partial charge in [0.15, 0.2) is 11.3 Å². The van der Waals surface area contributed by atoms with Gasteiger partial charge in [0.2, 0.25) is 5.95 Å². The maximum Gasteiger partial charge on any atom is 0.224 e. The lowest BCUT2D eigenvalue weighted by Gasteiger charge is -1.90. The number of nitrogens with two attached hydrogens (primary N) is 2. The summed E-state index contributed by atoms with van der Waals surface area (Å²) in [5.41, 5.74) is 13.2. The first-order valence-corrected chi connectivity index (χ1v) is 4.88. The second-order valence-corrected chi connectivity index (χ2v) is 3.32. The van der Waals surface area contributed by atoms with E-state index >= 15 is 0 Å². The van der Waals surface area contributed by atoms with Gasteiger partial charge in [0.1, 0.15) is 11.0 Å². The van der Waals surface area contributed by atoms with Gasteiger partial charge >= 0.3 is 0 Å². The molecule has 2 heterocycles. The molecule has 2 aromatic heterocycles. The molecule has 4 N–H and O–H groups in total. The highest BCUT2D eigenvalue weighted by Gasteiger charge is 2.07. The van der Waals surface area contributed by atoms with Crippen LogP contribution in [0.3, 0.4) is 0 Å². The number of nitrogens with zero attached hydrogens (tertiary/aromatic N) is 5. The number of hydrogen-bond donors (Lipinski definition) is 2. The summed E-state index contributed by atoms with van der Waals surface area (Å²) in [5, 5.41) is 0. The molecular formula is C9H13N7. The van der Waals surface area contributed by atoms with Gasteiger partial charge in [-0.15, -0.1) is 0 Å². The van der Waals surface area contributed by atoms with Crippen molar-refractivity contribution in [3.05, 3.63) is 11.8 Å². The molecule has 0 aliphatic carbocycles. The van der Waals surface area contributed by atoms with E-state index < -0.39 is 0 Å². The number of aryl methyl sites for hydroxylation is 1. The summed E-state index contributed by atoms with van der Waals surface area (Å²) in [7, 11) is 1.85. The van der Waals surface area contributed by atoms with E-state index in [9.17, 15) is 0 Å². The van der Waals surface area contributed by atoms with Gasteiger partial charge < -0.3 is 16.0 Å². The predicted octanol–water partition coefficient (Wildman–Crippen LogP) is -0.552. The lowest BCUT2D eigenvalue weighted by molar-refractivity contribution is 0.922. The Kier molecular flexibility index (Phi) is 2.43. The number of anilines is 2. The number of nitrogen functional groups attached to an aromatic ring is 2. The van der Waals surface area contributed by atoms with Gasteiger partial charge in [-0.3, -0.25) is 4.99 Å². The molecule has 0 saturated heterocycles. The van der Waals surface area contributed by atoms with Crippen molar-refractivity contribution >= 4 is 22.8 Å². The Balaban J connectivity index is 3.05. The summed E-state index contributed by atoms with van der Waals surface area (Å²) in [6, 6.07) is 0. The van der Waals surface area contributed by atoms with Crippen molar-refractivity contribution in [1.82, 2.24) is 19.5 Å². The maximum absolute atomic E-state index is 5.77. The van der Waals surface area contributed by atoms with E-state index in [-0.39, 0.29) is 11.8 Å². The van der Waals surface area contributed by atoms with E-state index in [2.05, 4.69) is 19.9 Å². The van der Waals surface area contributed by atoms with Crippen molar-refractivity contribution in [2.75, 3.05) is 18.0 Å². The minimum Gasteiger partial charge on any atom is -0.382 e. The van der Waals surface area contributed by atoms with E-state index in [0.717, 1.165) is 5.52 Å². The van der Waals surface area contributed by atoms with Gasteiger partial charge in [-0.05, 0) is 6.92 Å². The van der Waals surface area contributed by atoms with Crippen molar-refractivity contribution in [1.29, 1.82) is 0 Å². The van der Waals surface area contributed by atoms with Crippen LogP contribution in [-0.4, -0.2) is 26.1 Å². The number of hydrogen-bond acceptors (Lipinski definition) is 6. The number of imidazole rings is 1. The first-order chi connectivity index (χ1) is 7.63.